The van der Waals surface area contributed by atoms with Crippen LogP contribution in [-0.2, 0) is 4.74 Å². The average molecular weight is 192 g/mol. The summed E-state index contributed by atoms with van der Waals surface area (Å²) < 4.78 is 10.7. The Morgan fingerprint density at radius 2 is 2.29 bits per heavy atom. The molecule has 1 heterocycles. The SMILES string of the molecule is CCOC1COc2ccccc2C1=O. The third-order valence-electron chi connectivity index (χ3n) is 2.20. The van der Waals surface area contributed by atoms with Crippen molar-refractivity contribution in [3.8, 4) is 5.75 Å². The van der Waals surface area contributed by atoms with Gasteiger partial charge in [0.15, 0.2) is 11.9 Å². The first-order valence-corrected chi connectivity index (χ1v) is 4.70. The lowest BCUT2D eigenvalue weighted by atomic mass is 10.0. The predicted molar refractivity (Wildman–Crippen MR) is 51.7 cm³/mol. The van der Waals surface area contributed by atoms with Crippen molar-refractivity contribution in [3.63, 3.8) is 0 Å². The zero-order valence-electron chi connectivity index (χ0n) is 8.03. The molecule has 0 saturated heterocycles. The molecule has 1 aromatic carbocycles. The van der Waals surface area contributed by atoms with E-state index in [9.17, 15) is 4.79 Å². The molecule has 0 saturated carbocycles. The van der Waals surface area contributed by atoms with Gasteiger partial charge in [0.1, 0.15) is 12.4 Å². The van der Waals surface area contributed by atoms with Crippen molar-refractivity contribution in [3.05, 3.63) is 29.8 Å². The highest BCUT2D eigenvalue weighted by molar-refractivity contribution is 6.02. The van der Waals surface area contributed by atoms with Gasteiger partial charge in [-0.15, -0.1) is 0 Å². The number of hydrogen-bond acceptors (Lipinski definition) is 3. The number of ketones is 1. The van der Waals surface area contributed by atoms with Gasteiger partial charge in [0.2, 0.25) is 0 Å². The Balaban J connectivity index is 2.27. The van der Waals surface area contributed by atoms with Crippen LogP contribution in [-0.4, -0.2) is 25.1 Å². The summed E-state index contributed by atoms with van der Waals surface area (Å²) in [5.74, 6) is 0.683. The summed E-state index contributed by atoms with van der Waals surface area (Å²) in [4.78, 5) is 11.8. The van der Waals surface area contributed by atoms with E-state index in [0.29, 0.717) is 24.5 Å². The number of para-hydroxylation sites is 1. The van der Waals surface area contributed by atoms with Crippen molar-refractivity contribution < 1.29 is 14.3 Å². The zero-order valence-corrected chi connectivity index (χ0v) is 8.03. The molecule has 1 atom stereocenters. The maximum absolute atomic E-state index is 11.8. The summed E-state index contributed by atoms with van der Waals surface area (Å²) in [5, 5.41) is 0. The van der Waals surface area contributed by atoms with Crippen LogP contribution >= 0.6 is 0 Å². The van der Waals surface area contributed by atoms with E-state index in [4.69, 9.17) is 9.47 Å². The fourth-order valence-corrected chi connectivity index (χ4v) is 1.54. The normalized spacial score (nSPS) is 20.1. The van der Waals surface area contributed by atoms with Crippen molar-refractivity contribution >= 4 is 5.78 Å². The number of hydrogen-bond donors (Lipinski definition) is 0. The monoisotopic (exact) mass is 192 g/mol. The minimum Gasteiger partial charge on any atom is -0.490 e. The highest BCUT2D eigenvalue weighted by Gasteiger charge is 2.28. The Labute approximate surface area is 82.6 Å². The number of Topliss-reactive ketones (excluding diaryl/α,β-unsaturated/α-hetero) is 1. The summed E-state index contributed by atoms with van der Waals surface area (Å²) in [5.41, 5.74) is 0.622. The molecule has 3 nitrogen and oxygen atoms in total. The van der Waals surface area contributed by atoms with Gasteiger partial charge in [0, 0.05) is 6.61 Å². The van der Waals surface area contributed by atoms with Gasteiger partial charge in [-0.3, -0.25) is 4.79 Å². The van der Waals surface area contributed by atoms with E-state index in [1.807, 2.05) is 19.1 Å². The molecule has 1 aromatic rings. The third-order valence-corrected chi connectivity index (χ3v) is 2.20. The van der Waals surface area contributed by atoms with Crippen LogP contribution in [0, 0.1) is 0 Å². The van der Waals surface area contributed by atoms with Crippen molar-refractivity contribution in [1.82, 2.24) is 0 Å². The largest absolute Gasteiger partial charge is 0.490 e. The topological polar surface area (TPSA) is 35.5 Å². The van der Waals surface area contributed by atoms with E-state index >= 15 is 0 Å². The van der Waals surface area contributed by atoms with Gasteiger partial charge >= 0.3 is 0 Å². The molecule has 0 amide bonds. The maximum atomic E-state index is 11.8. The van der Waals surface area contributed by atoms with Crippen LogP contribution in [0.4, 0.5) is 0 Å². The second kappa shape index (κ2) is 3.80. The van der Waals surface area contributed by atoms with Crippen LogP contribution < -0.4 is 4.74 Å². The molecule has 74 valence electrons. The van der Waals surface area contributed by atoms with Gasteiger partial charge in [0.05, 0.1) is 5.56 Å². The summed E-state index contributed by atoms with van der Waals surface area (Å²) in [6, 6.07) is 7.25. The number of carbonyl (C=O) groups is 1. The summed E-state index contributed by atoms with van der Waals surface area (Å²) in [6.07, 6.45) is -0.435. The first-order chi connectivity index (χ1) is 6.83. The van der Waals surface area contributed by atoms with Crippen LogP contribution in [0.2, 0.25) is 0 Å². The zero-order chi connectivity index (χ0) is 9.97. The molecule has 0 N–H and O–H groups in total. The second-order valence-corrected chi connectivity index (χ2v) is 3.12. The number of benzene rings is 1. The molecule has 3 heteroatoms. The van der Waals surface area contributed by atoms with Crippen molar-refractivity contribution in [1.29, 1.82) is 0 Å². The van der Waals surface area contributed by atoms with Gasteiger partial charge in [0.25, 0.3) is 0 Å². The summed E-state index contributed by atoms with van der Waals surface area (Å²) in [7, 11) is 0. The first-order valence-electron chi connectivity index (χ1n) is 4.70. The van der Waals surface area contributed by atoms with Crippen molar-refractivity contribution in [2.75, 3.05) is 13.2 Å². The molecule has 1 aliphatic heterocycles. The smallest absolute Gasteiger partial charge is 0.198 e. The number of carbonyl (C=O) groups excluding carboxylic acids is 1. The third kappa shape index (κ3) is 1.51. The lowest BCUT2D eigenvalue weighted by Crippen LogP contribution is -2.35. The van der Waals surface area contributed by atoms with Gasteiger partial charge in [-0.25, -0.2) is 0 Å². The quantitative estimate of drug-likeness (QED) is 0.715. The predicted octanol–water partition coefficient (Wildman–Crippen LogP) is 1.67. The molecular weight excluding hydrogens is 180 g/mol. The van der Waals surface area contributed by atoms with E-state index in [-0.39, 0.29) is 5.78 Å². The molecular formula is C11H12O3. The molecule has 2 rings (SSSR count). The summed E-state index contributed by atoms with van der Waals surface area (Å²) >= 11 is 0. The van der Waals surface area contributed by atoms with Crippen molar-refractivity contribution in [2.24, 2.45) is 0 Å². The van der Waals surface area contributed by atoms with E-state index < -0.39 is 6.10 Å². The molecule has 0 fully saturated rings. The minimum atomic E-state index is -0.435. The van der Waals surface area contributed by atoms with Crippen LogP contribution in [0.5, 0.6) is 5.75 Å². The Morgan fingerprint density at radius 3 is 3.07 bits per heavy atom. The lowest BCUT2D eigenvalue weighted by Gasteiger charge is -2.23. The molecule has 0 bridgehead atoms. The van der Waals surface area contributed by atoms with Gasteiger partial charge in [-0.1, -0.05) is 12.1 Å². The number of rotatable bonds is 2. The fourth-order valence-electron chi connectivity index (χ4n) is 1.54. The van der Waals surface area contributed by atoms with Gasteiger partial charge in [-0.2, -0.15) is 0 Å². The minimum absolute atomic E-state index is 0.0219. The molecule has 0 aromatic heterocycles. The summed E-state index contributed by atoms with van der Waals surface area (Å²) in [6.45, 7) is 2.72. The van der Waals surface area contributed by atoms with E-state index in [1.165, 1.54) is 0 Å². The molecule has 0 spiro atoms. The highest BCUT2D eigenvalue weighted by Crippen LogP contribution is 2.24. The maximum Gasteiger partial charge on any atom is 0.198 e. The van der Waals surface area contributed by atoms with Crippen molar-refractivity contribution in [2.45, 2.75) is 13.0 Å². The molecule has 1 unspecified atom stereocenters. The molecule has 0 radical (unpaired) electrons. The number of ether oxygens (including phenoxy) is 2. The van der Waals surface area contributed by atoms with Gasteiger partial charge < -0.3 is 9.47 Å². The molecule has 1 aliphatic rings. The number of fused-ring (bicyclic) bond motifs is 1. The Morgan fingerprint density at radius 1 is 1.50 bits per heavy atom. The van der Waals surface area contributed by atoms with Gasteiger partial charge in [-0.05, 0) is 19.1 Å². The standard InChI is InChI=1S/C11H12O3/c1-2-13-10-7-14-9-6-4-3-5-8(9)11(10)12/h3-6,10H,2,7H2,1H3. The fraction of sp³-hybridized carbons (Fsp3) is 0.364. The Hall–Kier alpha value is -1.35. The second-order valence-electron chi connectivity index (χ2n) is 3.12. The Bertz CT molecular complexity index is 346. The van der Waals surface area contributed by atoms with E-state index in [0.717, 1.165) is 0 Å². The molecule has 0 aliphatic carbocycles. The Kier molecular flexibility index (Phi) is 2.50. The van der Waals surface area contributed by atoms with E-state index in [2.05, 4.69) is 0 Å². The average Bonchev–Trinajstić information content (AvgIpc) is 2.23. The lowest BCUT2D eigenvalue weighted by molar-refractivity contribution is 0.0200. The van der Waals surface area contributed by atoms with Crippen LogP contribution in [0.25, 0.3) is 0 Å². The first kappa shape index (κ1) is 9.21. The highest BCUT2D eigenvalue weighted by atomic mass is 16.5. The van der Waals surface area contributed by atoms with Crippen LogP contribution in [0.1, 0.15) is 17.3 Å². The van der Waals surface area contributed by atoms with Crippen LogP contribution in [0.15, 0.2) is 24.3 Å². The van der Waals surface area contributed by atoms with Crippen LogP contribution in [0.3, 0.4) is 0 Å². The molecule has 14 heavy (non-hydrogen) atoms. The van der Waals surface area contributed by atoms with E-state index in [1.54, 1.807) is 12.1 Å².